The van der Waals surface area contributed by atoms with Crippen molar-refractivity contribution in [1.29, 1.82) is 0 Å². The Morgan fingerprint density at radius 3 is 2.76 bits per heavy atom. The van der Waals surface area contributed by atoms with Crippen LogP contribution in [0.25, 0.3) is 0 Å². The molecule has 5 heteroatoms. The van der Waals surface area contributed by atoms with Crippen LogP contribution in [0, 0.1) is 0 Å². The minimum absolute atomic E-state index is 0.0328. The van der Waals surface area contributed by atoms with Gasteiger partial charge in [-0.2, -0.15) is 0 Å². The van der Waals surface area contributed by atoms with Crippen LogP contribution in [0.4, 0.5) is 11.5 Å². The summed E-state index contributed by atoms with van der Waals surface area (Å²) in [6.45, 7) is 1.89. The fraction of sp³-hybridized carbons (Fsp3) is 0.200. The van der Waals surface area contributed by atoms with Crippen molar-refractivity contribution >= 4 is 28.7 Å². The van der Waals surface area contributed by atoms with Crippen molar-refractivity contribution in [3.8, 4) is 0 Å². The Bertz CT molecular complexity index is 859. The van der Waals surface area contributed by atoms with Gasteiger partial charge in [-0.3, -0.25) is 4.79 Å². The minimum atomic E-state index is -0.0328. The monoisotopic (exact) mass is 349 g/mol. The number of amides is 1. The van der Waals surface area contributed by atoms with Gasteiger partial charge in [-0.15, -0.1) is 11.3 Å². The van der Waals surface area contributed by atoms with E-state index in [0.717, 1.165) is 30.1 Å². The summed E-state index contributed by atoms with van der Waals surface area (Å²) in [4.78, 5) is 19.8. The molecule has 4 nitrogen and oxygen atoms in total. The summed E-state index contributed by atoms with van der Waals surface area (Å²) in [5.74, 6) is 0.567. The lowest BCUT2D eigenvalue weighted by molar-refractivity contribution is -0.115. The van der Waals surface area contributed by atoms with Gasteiger partial charge in [-0.05, 0) is 41.1 Å². The van der Waals surface area contributed by atoms with Crippen LogP contribution in [0.1, 0.15) is 16.0 Å². The number of rotatable bonds is 4. The molecule has 1 aromatic carbocycles. The predicted octanol–water partition coefficient (Wildman–Crippen LogP) is 3.89. The average molecular weight is 349 g/mol. The number of benzene rings is 1. The molecule has 1 amide bonds. The van der Waals surface area contributed by atoms with Crippen molar-refractivity contribution in [1.82, 2.24) is 4.98 Å². The maximum absolute atomic E-state index is 12.0. The zero-order valence-corrected chi connectivity index (χ0v) is 14.6. The van der Waals surface area contributed by atoms with Crippen molar-refractivity contribution in [2.24, 2.45) is 0 Å². The van der Waals surface area contributed by atoms with Crippen LogP contribution >= 0.6 is 11.3 Å². The molecule has 0 atom stereocenters. The van der Waals surface area contributed by atoms with E-state index in [1.54, 1.807) is 11.3 Å². The summed E-state index contributed by atoms with van der Waals surface area (Å²) in [5, 5.41) is 4.84. The van der Waals surface area contributed by atoms with Crippen LogP contribution in [-0.2, 0) is 24.2 Å². The normalized spacial score (nSPS) is 13.4. The van der Waals surface area contributed by atoms with Gasteiger partial charge in [0, 0.05) is 18.0 Å². The summed E-state index contributed by atoms with van der Waals surface area (Å²) in [5.41, 5.74) is 3.90. The number of carbonyl (C=O) groups is 1. The van der Waals surface area contributed by atoms with Gasteiger partial charge in [-0.25, -0.2) is 4.98 Å². The summed E-state index contributed by atoms with van der Waals surface area (Å²) in [7, 11) is 0. The third kappa shape index (κ3) is 3.72. The zero-order chi connectivity index (χ0) is 17.1. The Kier molecular flexibility index (Phi) is 4.48. The fourth-order valence-electron chi connectivity index (χ4n) is 3.12. The SMILES string of the molecule is O=C(Cc1cccs1)Nc1ccc(N2CCc3ccccc3C2)cn1. The maximum atomic E-state index is 12.0. The smallest absolute Gasteiger partial charge is 0.230 e. The molecule has 0 saturated carbocycles. The molecule has 4 rings (SSSR count). The second kappa shape index (κ2) is 7.07. The van der Waals surface area contributed by atoms with Crippen molar-refractivity contribution in [2.75, 3.05) is 16.8 Å². The molecule has 0 saturated heterocycles. The minimum Gasteiger partial charge on any atom is -0.366 e. The van der Waals surface area contributed by atoms with E-state index in [9.17, 15) is 4.79 Å². The van der Waals surface area contributed by atoms with Gasteiger partial charge in [0.25, 0.3) is 0 Å². The van der Waals surface area contributed by atoms with Gasteiger partial charge in [0.2, 0.25) is 5.91 Å². The van der Waals surface area contributed by atoms with Crippen molar-refractivity contribution in [2.45, 2.75) is 19.4 Å². The molecular weight excluding hydrogens is 330 g/mol. The number of aromatic nitrogens is 1. The highest BCUT2D eigenvalue weighted by molar-refractivity contribution is 7.10. The quantitative estimate of drug-likeness (QED) is 0.777. The number of nitrogens with one attached hydrogen (secondary N) is 1. The van der Waals surface area contributed by atoms with Gasteiger partial charge in [0.15, 0.2) is 0 Å². The largest absolute Gasteiger partial charge is 0.366 e. The summed E-state index contributed by atoms with van der Waals surface area (Å²) in [6.07, 6.45) is 3.29. The van der Waals surface area contributed by atoms with E-state index >= 15 is 0 Å². The first-order chi connectivity index (χ1) is 12.3. The molecule has 0 spiro atoms. The fourth-order valence-corrected chi connectivity index (χ4v) is 3.83. The lowest BCUT2D eigenvalue weighted by atomic mass is 10.00. The third-order valence-corrected chi connectivity index (χ3v) is 5.30. The number of hydrogen-bond acceptors (Lipinski definition) is 4. The lowest BCUT2D eigenvalue weighted by Crippen LogP contribution is -2.30. The average Bonchev–Trinajstić information content (AvgIpc) is 3.15. The maximum Gasteiger partial charge on any atom is 0.230 e. The van der Waals surface area contributed by atoms with Crippen LogP contribution in [0.2, 0.25) is 0 Å². The van der Waals surface area contributed by atoms with E-state index in [1.807, 2.05) is 35.8 Å². The lowest BCUT2D eigenvalue weighted by Gasteiger charge is -2.30. The van der Waals surface area contributed by atoms with Gasteiger partial charge in [0.1, 0.15) is 5.82 Å². The standard InChI is InChI=1S/C20H19N3OS/c24-20(12-18-6-3-11-25-18)22-19-8-7-17(13-21-19)23-10-9-15-4-1-2-5-16(15)14-23/h1-8,11,13H,9-10,12,14H2,(H,21,22,24). The van der Waals surface area contributed by atoms with E-state index in [-0.39, 0.29) is 5.91 Å². The molecule has 0 unspecified atom stereocenters. The Hall–Kier alpha value is -2.66. The second-order valence-corrected chi connectivity index (χ2v) is 7.18. The molecule has 126 valence electrons. The van der Waals surface area contributed by atoms with Crippen LogP contribution in [0.15, 0.2) is 60.1 Å². The summed E-state index contributed by atoms with van der Waals surface area (Å²) < 4.78 is 0. The Morgan fingerprint density at radius 2 is 2.00 bits per heavy atom. The first-order valence-electron chi connectivity index (χ1n) is 8.38. The third-order valence-electron chi connectivity index (χ3n) is 4.43. The number of thiophene rings is 1. The number of hydrogen-bond donors (Lipinski definition) is 1. The van der Waals surface area contributed by atoms with E-state index in [1.165, 1.54) is 11.1 Å². The molecule has 1 aliphatic rings. The van der Waals surface area contributed by atoms with Crippen LogP contribution in [0.3, 0.4) is 0 Å². The van der Waals surface area contributed by atoms with Crippen molar-refractivity contribution in [3.05, 3.63) is 76.1 Å². The molecule has 25 heavy (non-hydrogen) atoms. The Labute approximate surface area is 151 Å². The molecule has 0 aliphatic carbocycles. The molecule has 3 aromatic rings. The van der Waals surface area contributed by atoms with E-state index < -0.39 is 0 Å². The number of pyridine rings is 1. The first kappa shape index (κ1) is 15.8. The molecule has 3 heterocycles. The molecule has 0 radical (unpaired) electrons. The van der Waals surface area contributed by atoms with Gasteiger partial charge in [-0.1, -0.05) is 30.3 Å². The highest BCUT2D eigenvalue weighted by atomic mass is 32.1. The predicted molar refractivity (Wildman–Crippen MR) is 102 cm³/mol. The second-order valence-electron chi connectivity index (χ2n) is 6.15. The first-order valence-corrected chi connectivity index (χ1v) is 9.26. The van der Waals surface area contributed by atoms with Crippen LogP contribution in [-0.4, -0.2) is 17.4 Å². The highest BCUT2D eigenvalue weighted by Gasteiger charge is 2.16. The van der Waals surface area contributed by atoms with Crippen molar-refractivity contribution in [3.63, 3.8) is 0 Å². The van der Waals surface area contributed by atoms with Crippen LogP contribution in [0.5, 0.6) is 0 Å². The number of carbonyl (C=O) groups excluding carboxylic acids is 1. The zero-order valence-electron chi connectivity index (χ0n) is 13.8. The van der Waals surface area contributed by atoms with E-state index in [2.05, 4.69) is 39.5 Å². The molecule has 1 N–H and O–H groups in total. The summed E-state index contributed by atoms with van der Waals surface area (Å²) >= 11 is 1.59. The number of fused-ring (bicyclic) bond motifs is 1. The van der Waals surface area contributed by atoms with Gasteiger partial charge < -0.3 is 10.2 Å². The van der Waals surface area contributed by atoms with Gasteiger partial charge >= 0.3 is 0 Å². The summed E-state index contributed by atoms with van der Waals surface area (Å²) in [6, 6.07) is 16.4. The molecule has 0 bridgehead atoms. The highest BCUT2D eigenvalue weighted by Crippen LogP contribution is 2.24. The molecule has 0 fully saturated rings. The van der Waals surface area contributed by atoms with Crippen molar-refractivity contribution < 1.29 is 4.79 Å². The number of nitrogens with zero attached hydrogens (tertiary/aromatic N) is 2. The number of anilines is 2. The van der Waals surface area contributed by atoms with Crippen LogP contribution < -0.4 is 10.2 Å². The van der Waals surface area contributed by atoms with E-state index in [4.69, 9.17) is 0 Å². The van der Waals surface area contributed by atoms with Gasteiger partial charge in [0.05, 0.1) is 18.3 Å². The Balaban J connectivity index is 1.40. The Morgan fingerprint density at radius 1 is 1.12 bits per heavy atom. The van der Waals surface area contributed by atoms with E-state index in [0.29, 0.717) is 12.2 Å². The molecule has 2 aromatic heterocycles. The molecular formula is C20H19N3OS. The molecule has 1 aliphatic heterocycles. The topological polar surface area (TPSA) is 45.2 Å².